The lowest BCUT2D eigenvalue weighted by Gasteiger charge is -2.02. The van der Waals surface area contributed by atoms with Crippen LogP contribution in [0, 0.1) is 17.7 Å². The molecule has 0 saturated carbocycles. The maximum atomic E-state index is 13.5. The highest BCUT2D eigenvalue weighted by Gasteiger charge is 2.04. The van der Waals surface area contributed by atoms with Crippen LogP contribution >= 0.6 is 11.8 Å². The predicted molar refractivity (Wildman–Crippen MR) is 75.5 cm³/mol. The molecule has 0 aliphatic rings. The van der Waals surface area contributed by atoms with Crippen molar-refractivity contribution in [2.45, 2.75) is 17.3 Å². The second-order valence-corrected chi connectivity index (χ2v) is 5.08. The van der Waals surface area contributed by atoms with Gasteiger partial charge in [-0.15, -0.1) is 10.2 Å². The number of hydrogen-bond donors (Lipinski definition) is 1. The number of aryl methyl sites for hydroxylation is 1. The largest absolute Gasteiger partial charge is 0.395 e. The molecular weight excluding hydrogens is 277 g/mol. The summed E-state index contributed by atoms with van der Waals surface area (Å²) >= 11 is 1.49. The number of thioether (sulfide) groups is 1. The Hall–Kier alpha value is -1.84. The van der Waals surface area contributed by atoms with Crippen LogP contribution in [-0.4, -0.2) is 26.5 Å². The van der Waals surface area contributed by atoms with E-state index in [0.29, 0.717) is 17.7 Å². The lowest BCUT2D eigenvalue weighted by Crippen LogP contribution is -1.91. The summed E-state index contributed by atoms with van der Waals surface area (Å²) in [7, 11) is 1.86. The van der Waals surface area contributed by atoms with Gasteiger partial charge in [0.25, 0.3) is 0 Å². The molecule has 2 aromatic rings. The van der Waals surface area contributed by atoms with Gasteiger partial charge in [-0.05, 0) is 23.8 Å². The molecule has 0 bridgehead atoms. The van der Waals surface area contributed by atoms with Crippen molar-refractivity contribution in [2.24, 2.45) is 7.05 Å². The second kappa shape index (κ2) is 7.08. The van der Waals surface area contributed by atoms with E-state index in [1.165, 1.54) is 23.9 Å². The first-order valence-electron chi connectivity index (χ1n) is 6.05. The first-order chi connectivity index (χ1) is 9.69. The molecule has 0 spiro atoms. The van der Waals surface area contributed by atoms with Crippen molar-refractivity contribution in [3.63, 3.8) is 0 Å². The van der Waals surface area contributed by atoms with Crippen LogP contribution in [0.1, 0.15) is 17.5 Å². The number of aliphatic hydroxyl groups excluding tert-OH is 1. The van der Waals surface area contributed by atoms with Gasteiger partial charge in [0.15, 0.2) is 5.16 Å². The van der Waals surface area contributed by atoms with Crippen molar-refractivity contribution in [1.82, 2.24) is 14.8 Å². The van der Waals surface area contributed by atoms with E-state index in [0.717, 1.165) is 10.7 Å². The van der Waals surface area contributed by atoms with Crippen molar-refractivity contribution in [3.8, 4) is 11.8 Å². The van der Waals surface area contributed by atoms with E-state index < -0.39 is 0 Å². The van der Waals surface area contributed by atoms with E-state index in [-0.39, 0.29) is 12.4 Å². The Morgan fingerprint density at radius 3 is 2.95 bits per heavy atom. The molecule has 1 N–H and O–H groups in total. The molecule has 1 aromatic heterocycles. The Morgan fingerprint density at radius 1 is 1.40 bits per heavy atom. The van der Waals surface area contributed by atoms with Crippen LogP contribution in [0.4, 0.5) is 4.39 Å². The molecule has 0 aliphatic carbocycles. The molecule has 1 aromatic carbocycles. The molecule has 0 atom stereocenters. The third kappa shape index (κ3) is 4.08. The molecule has 104 valence electrons. The average molecular weight is 291 g/mol. The SMILES string of the molecule is Cn1cnnc1SCc1cc(F)cc(C#CCCO)c1. The first kappa shape index (κ1) is 14.6. The quantitative estimate of drug-likeness (QED) is 0.691. The molecule has 20 heavy (non-hydrogen) atoms. The van der Waals surface area contributed by atoms with Gasteiger partial charge in [-0.2, -0.15) is 0 Å². The topological polar surface area (TPSA) is 50.9 Å². The van der Waals surface area contributed by atoms with Gasteiger partial charge in [-0.25, -0.2) is 4.39 Å². The number of halogens is 1. The fourth-order valence-corrected chi connectivity index (χ4v) is 2.40. The molecule has 0 unspecified atom stereocenters. The third-order valence-electron chi connectivity index (χ3n) is 2.46. The maximum Gasteiger partial charge on any atom is 0.191 e. The summed E-state index contributed by atoms with van der Waals surface area (Å²) in [5, 5.41) is 17.2. The number of benzene rings is 1. The highest BCUT2D eigenvalue weighted by molar-refractivity contribution is 7.98. The van der Waals surface area contributed by atoms with E-state index >= 15 is 0 Å². The number of rotatable bonds is 4. The number of aliphatic hydroxyl groups is 1. The van der Waals surface area contributed by atoms with Gasteiger partial charge in [0.1, 0.15) is 12.1 Å². The van der Waals surface area contributed by atoms with E-state index in [1.54, 1.807) is 6.33 Å². The zero-order valence-electron chi connectivity index (χ0n) is 11.0. The van der Waals surface area contributed by atoms with E-state index in [2.05, 4.69) is 22.0 Å². The van der Waals surface area contributed by atoms with Crippen molar-refractivity contribution in [3.05, 3.63) is 41.5 Å². The normalized spacial score (nSPS) is 10.2. The molecule has 6 heteroatoms. The summed E-state index contributed by atoms with van der Waals surface area (Å²) in [6.07, 6.45) is 2.01. The molecule has 0 amide bonds. The predicted octanol–water partition coefficient (Wildman–Crippen LogP) is 1.98. The van der Waals surface area contributed by atoms with Crippen molar-refractivity contribution in [2.75, 3.05) is 6.61 Å². The molecule has 4 nitrogen and oxygen atoms in total. The summed E-state index contributed by atoms with van der Waals surface area (Å²) in [5.41, 5.74) is 1.46. The molecule has 0 fully saturated rings. The first-order valence-corrected chi connectivity index (χ1v) is 7.03. The van der Waals surface area contributed by atoms with Gasteiger partial charge in [-0.3, -0.25) is 0 Å². The maximum absolute atomic E-state index is 13.5. The molecule has 2 rings (SSSR count). The molecule has 0 aliphatic heterocycles. The van der Waals surface area contributed by atoms with Gasteiger partial charge in [0.2, 0.25) is 0 Å². The molecule has 0 saturated heterocycles. The summed E-state index contributed by atoms with van der Waals surface area (Å²) in [6.45, 7) is 0.0111. The van der Waals surface area contributed by atoms with Crippen molar-refractivity contribution < 1.29 is 9.50 Å². The zero-order valence-corrected chi connectivity index (χ0v) is 11.8. The molecule has 0 radical (unpaired) electrons. The lowest BCUT2D eigenvalue weighted by molar-refractivity contribution is 0.305. The Kier molecular flexibility index (Phi) is 5.16. The fraction of sp³-hybridized carbons (Fsp3) is 0.286. The van der Waals surface area contributed by atoms with Gasteiger partial charge < -0.3 is 9.67 Å². The van der Waals surface area contributed by atoms with Crippen LogP contribution in [-0.2, 0) is 12.8 Å². The minimum absolute atomic E-state index is 0.0111. The van der Waals surface area contributed by atoms with Crippen LogP contribution < -0.4 is 0 Å². The van der Waals surface area contributed by atoms with Gasteiger partial charge in [0, 0.05) is 24.8 Å². The fourth-order valence-electron chi connectivity index (χ4n) is 1.58. The molecule has 1 heterocycles. The standard InChI is InChI=1S/C14H14FN3OS/c1-18-10-16-17-14(18)20-9-12-6-11(4-2-3-5-19)7-13(15)8-12/h6-8,10,19H,3,5,9H2,1H3. The Balaban J connectivity index is 2.08. The molecular formula is C14H14FN3OS. The van der Waals surface area contributed by atoms with Gasteiger partial charge >= 0.3 is 0 Å². The summed E-state index contributed by atoms with van der Waals surface area (Å²) in [4.78, 5) is 0. The highest BCUT2D eigenvalue weighted by Crippen LogP contribution is 2.21. The third-order valence-corrected chi connectivity index (χ3v) is 3.57. The van der Waals surface area contributed by atoms with E-state index in [4.69, 9.17) is 5.11 Å². The van der Waals surface area contributed by atoms with Crippen molar-refractivity contribution in [1.29, 1.82) is 0 Å². The highest BCUT2D eigenvalue weighted by atomic mass is 32.2. The Bertz CT molecular complexity index is 645. The number of nitrogens with zero attached hydrogens (tertiary/aromatic N) is 3. The Labute approximate surface area is 121 Å². The minimum Gasteiger partial charge on any atom is -0.395 e. The zero-order chi connectivity index (χ0) is 14.4. The van der Waals surface area contributed by atoms with Crippen LogP contribution in [0.2, 0.25) is 0 Å². The summed E-state index contributed by atoms with van der Waals surface area (Å²) in [6, 6.07) is 4.72. The van der Waals surface area contributed by atoms with Gasteiger partial charge in [-0.1, -0.05) is 23.6 Å². The smallest absolute Gasteiger partial charge is 0.191 e. The number of hydrogen-bond acceptors (Lipinski definition) is 4. The summed E-state index contributed by atoms with van der Waals surface area (Å²) < 4.78 is 15.3. The van der Waals surface area contributed by atoms with Crippen LogP contribution in [0.25, 0.3) is 0 Å². The van der Waals surface area contributed by atoms with E-state index in [1.807, 2.05) is 17.7 Å². The number of aromatic nitrogens is 3. The van der Waals surface area contributed by atoms with Crippen LogP contribution in [0.15, 0.2) is 29.7 Å². The lowest BCUT2D eigenvalue weighted by atomic mass is 10.1. The average Bonchev–Trinajstić information content (AvgIpc) is 2.82. The van der Waals surface area contributed by atoms with Crippen molar-refractivity contribution >= 4 is 11.8 Å². The van der Waals surface area contributed by atoms with E-state index in [9.17, 15) is 4.39 Å². The van der Waals surface area contributed by atoms with Gasteiger partial charge in [0.05, 0.1) is 6.61 Å². The monoisotopic (exact) mass is 291 g/mol. The summed E-state index contributed by atoms with van der Waals surface area (Å²) in [5.74, 6) is 5.91. The van der Waals surface area contributed by atoms with Crippen LogP contribution in [0.5, 0.6) is 0 Å². The minimum atomic E-state index is -0.311. The Morgan fingerprint density at radius 2 is 2.25 bits per heavy atom. The second-order valence-electron chi connectivity index (χ2n) is 4.14. The van der Waals surface area contributed by atoms with Crippen LogP contribution in [0.3, 0.4) is 0 Å².